The van der Waals surface area contributed by atoms with Gasteiger partial charge in [0.15, 0.2) is 5.16 Å². The van der Waals surface area contributed by atoms with E-state index in [1.807, 2.05) is 19.3 Å². The molecular weight excluding hydrogens is 314 g/mol. The van der Waals surface area contributed by atoms with Crippen molar-refractivity contribution in [1.29, 1.82) is 0 Å². The molecule has 0 aromatic carbocycles. The van der Waals surface area contributed by atoms with Crippen LogP contribution < -0.4 is 0 Å². The summed E-state index contributed by atoms with van der Waals surface area (Å²) in [6.07, 6.45) is 3.43. The van der Waals surface area contributed by atoms with Crippen molar-refractivity contribution in [3.63, 3.8) is 0 Å². The largest absolute Gasteiger partial charge is 0.392 e. The molecule has 0 bridgehead atoms. The number of nitrogens with zero attached hydrogens (tertiary/aromatic N) is 3. The molecule has 1 atom stereocenters. The molecule has 0 aliphatic heterocycles. The Kier molecular flexibility index (Phi) is 6.82. The summed E-state index contributed by atoms with van der Waals surface area (Å²) in [5.41, 5.74) is 2.39. The molecule has 0 fully saturated rings. The molecule has 120 valence electrons. The van der Waals surface area contributed by atoms with Gasteiger partial charge in [0.1, 0.15) is 0 Å². The van der Waals surface area contributed by atoms with Gasteiger partial charge in [-0.25, -0.2) is 9.97 Å². The molecule has 0 radical (unpaired) electrons. The Morgan fingerprint density at radius 2 is 2.05 bits per heavy atom. The maximum absolute atomic E-state index is 9.74. The first kappa shape index (κ1) is 17.4. The topological polar surface area (TPSA) is 49.2 Å². The smallest absolute Gasteiger partial charge is 0.187 e. The molecular formula is C16H23N3OS2. The first-order valence-corrected chi connectivity index (χ1v) is 9.32. The summed E-state index contributed by atoms with van der Waals surface area (Å²) in [7, 11) is 0. The lowest BCUT2D eigenvalue weighted by atomic mass is 10.2. The van der Waals surface area contributed by atoms with Gasteiger partial charge in [-0.15, -0.1) is 11.3 Å². The Bertz CT molecular complexity index is 569. The molecule has 0 aliphatic carbocycles. The van der Waals surface area contributed by atoms with Crippen molar-refractivity contribution in [3.05, 3.63) is 39.8 Å². The zero-order valence-electron chi connectivity index (χ0n) is 13.3. The van der Waals surface area contributed by atoms with Crippen LogP contribution in [-0.2, 0) is 13.1 Å². The summed E-state index contributed by atoms with van der Waals surface area (Å²) in [6.45, 7) is 8.29. The van der Waals surface area contributed by atoms with E-state index in [0.29, 0.717) is 6.54 Å². The molecule has 0 aliphatic rings. The molecule has 2 aromatic heterocycles. The van der Waals surface area contributed by atoms with E-state index in [9.17, 15) is 5.11 Å². The van der Waals surface area contributed by atoms with Crippen molar-refractivity contribution in [3.8, 4) is 0 Å². The highest BCUT2D eigenvalue weighted by atomic mass is 32.2. The normalized spacial score (nSPS) is 12.8. The van der Waals surface area contributed by atoms with Crippen molar-refractivity contribution in [2.75, 3.05) is 12.3 Å². The van der Waals surface area contributed by atoms with E-state index in [-0.39, 0.29) is 6.10 Å². The van der Waals surface area contributed by atoms with Crippen molar-refractivity contribution in [1.82, 2.24) is 14.9 Å². The Morgan fingerprint density at radius 3 is 2.59 bits per heavy atom. The zero-order chi connectivity index (χ0) is 15.9. The van der Waals surface area contributed by atoms with Gasteiger partial charge < -0.3 is 5.11 Å². The van der Waals surface area contributed by atoms with Crippen LogP contribution >= 0.6 is 23.1 Å². The van der Waals surface area contributed by atoms with Crippen LogP contribution in [0.5, 0.6) is 0 Å². The highest BCUT2D eigenvalue weighted by molar-refractivity contribution is 7.99. The van der Waals surface area contributed by atoms with Gasteiger partial charge in [-0.2, -0.15) is 0 Å². The van der Waals surface area contributed by atoms with Crippen LogP contribution in [0.4, 0.5) is 0 Å². The van der Waals surface area contributed by atoms with Crippen LogP contribution in [0.1, 0.15) is 29.9 Å². The molecule has 0 saturated heterocycles. The van der Waals surface area contributed by atoms with E-state index < -0.39 is 0 Å². The van der Waals surface area contributed by atoms with Crippen LogP contribution in [0.3, 0.4) is 0 Å². The van der Waals surface area contributed by atoms with Gasteiger partial charge in [-0.1, -0.05) is 18.7 Å². The van der Waals surface area contributed by atoms with Gasteiger partial charge in [0.05, 0.1) is 6.10 Å². The SMILES string of the molecule is CCSc1ncc(CN(Cc2sccc2C)CC(C)O)cn1. The summed E-state index contributed by atoms with van der Waals surface area (Å²) in [6, 6.07) is 2.14. The van der Waals surface area contributed by atoms with Crippen LogP contribution in [0.2, 0.25) is 0 Å². The summed E-state index contributed by atoms with van der Waals surface area (Å²) >= 11 is 3.41. The van der Waals surface area contributed by atoms with Gasteiger partial charge in [-0.3, -0.25) is 4.90 Å². The average molecular weight is 338 g/mol. The first-order chi connectivity index (χ1) is 10.6. The minimum Gasteiger partial charge on any atom is -0.392 e. The zero-order valence-corrected chi connectivity index (χ0v) is 15.0. The fourth-order valence-corrected chi connectivity index (χ4v) is 3.67. The number of aromatic nitrogens is 2. The number of aryl methyl sites for hydroxylation is 1. The van der Waals surface area contributed by atoms with Crippen LogP contribution in [0.25, 0.3) is 0 Å². The number of thioether (sulfide) groups is 1. The number of hydrogen-bond donors (Lipinski definition) is 1. The predicted octanol–water partition coefficient (Wildman–Crippen LogP) is 3.34. The second-order valence-corrected chi connectivity index (χ2v) is 7.58. The van der Waals surface area contributed by atoms with Crippen molar-refractivity contribution in [2.45, 2.75) is 45.1 Å². The maximum Gasteiger partial charge on any atom is 0.187 e. The van der Waals surface area contributed by atoms with Gasteiger partial charge in [0, 0.05) is 42.5 Å². The fraction of sp³-hybridized carbons (Fsp3) is 0.500. The molecule has 0 spiro atoms. The van der Waals surface area contributed by atoms with E-state index in [0.717, 1.165) is 29.6 Å². The first-order valence-electron chi connectivity index (χ1n) is 7.45. The minimum absolute atomic E-state index is 0.351. The molecule has 4 nitrogen and oxygen atoms in total. The third-order valence-electron chi connectivity index (χ3n) is 3.22. The second-order valence-electron chi connectivity index (χ2n) is 5.35. The number of aliphatic hydroxyl groups is 1. The van der Waals surface area contributed by atoms with Gasteiger partial charge in [-0.05, 0) is 36.6 Å². The molecule has 22 heavy (non-hydrogen) atoms. The summed E-state index contributed by atoms with van der Waals surface area (Å²) < 4.78 is 0. The van der Waals surface area contributed by atoms with Crippen LogP contribution in [0, 0.1) is 6.92 Å². The standard InChI is InChI=1S/C16H23N3OS2/c1-4-21-16-17-7-14(8-18-16)10-19(9-13(3)20)11-15-12(2)5-6-22-15/h5-8,13,20H,4,9-11H2,1-3H3. The lowest BCUT2D eigenvalue weighted by molar-refractivity contribution is 0.118. The third kappa shape index (κ3) is 5.35. The molecule has 0 saturated carbocycles. The molecule has 2 heterocycles. The molecule has 1 unspecified atom stereocenters. The highest BCUT2D eigenvalue weighted by Gasteiger charge is 2.12. The molecule has 2 rings (SSSR count). The summed E-state index contributed by atoms with van der Waals surface area (Å²) in [4.78, 5) is 12.4. The fourth-order valence-electron chi connectivity index (χ4n) is 2.21. The van der Waals surface area contributed by atoms with Crippen molar-refractivity contribution in [2.24, 2.45) is 0 Å². The number of aliphatic hydroxyl groups excluding tert-OH is 1. The average Bonchev–Trinajstić information content (AvgIpc) is 2.86. The molecule has 6 heteroatoms. The highest BCUT2D eigenvalue weighted by Crippen LogP contribution is 2.19. The molecule has 1 N–H and O–H groups in total. The third-order valence-corrected chi connectivity index (χ3v) is 4.98. The Hall–Kier alpha value is -0.950. The van der Waals surface area contributed by atoms with Gasteiger partial charge in [0.2, 0.25) is 0 Å². The van der Waals surface area contributed by atoms with Gasteiger partial charge >= 0.3 is 0 Å². The second kappa shape index (κ2) is 8.62. The Balaban J connectivity index is 2.04. The number of rotatable bonds is 8. The monoisotopic (exact) mass is 337 g/mol. The maximum atomic E-state index is 9.74. The Labute approximate surface area is 140 Å². The van der Waals surface area contributed by atoms with E-state index in [2.05, 4.69) is 40.2 Å². The van der Waals surface area contributed by atoms with E-state index in [1.165, 1.54) is 10.4 Å². The van der Waals surface area contributed by atoms with E-state index in [4.69, 9.17) is 0 Å². The number of thiophene rings is 1. The van der Waals surface area contributed by atoms with E-state index >= 15 is 0 Å². The Morgan fingerprint density at radius 1 is 1.32 bits per heavy atom. The minimum atomic E-state index is -0.351. The lowest BCUT2D eigenvalue weighted by Gasteiger charge is -2.23. The summed E-state index contributed by atoms with van der Waals surface area (Å²) in [5.74, 6) is 0.977. The number of hydrogen-bond acceptors (Lipinski definition) is 6. The molecule has 0 amide bonds. The predicted molar refractivity (Wildman–Crippen MR) is 93.3 cm³/mol. The quantitative estimate of drug-likeness (QED) is 0.591. The van der Waals surface area contributed by atoms with Gasteiger partial charge in [0.25, 0.3) is 0 Å². The van der Waals surface area contributed by atoms with Crippen LogP contribution in [0.15, 0.2) is 29.0 Å². The lowest BCUT2D eigenvalue weighted by Crippen LogP contribution is -2.30. The van der Waals surface area contributed by atoms with E-state index in [1.54, 1.807) is 23.1 Å². The van der Waals surface area contributed by atoms with Crippen molar-refractivity contribution >= 4 is 23.1 Å². The van der Waals surface area contributed by atoms with Crippen LogP contribution in [-0.4, -0.2) is 38.4 Å². The van der Waals surface area contributed by atoms with Crippen molar-refractivity contribution < 1.29 is 5.11 Å². The molecule has 2 aromatic rings. The summed E-state index contributed by atoms with van der Waals surface area (Å²) in [5, 5.41) is 12.7.